The summed E-state index contributed by atoms with van der Waals surface area (Å²) in [5.41, 5.74) is -5.81. The van der Waals surface area contributed by atoms with Crippen molar-refractivity contribution in [1.29, 1.82) is 0 Å². The van der Waals surface area contributed by atoms with Gasteiger partial charge in [0, 0.05) is 6.20 Å². The molecule has 1 unspecified atom stereocenters. The molecule has 0 amide bonds. The van der Waals surface area contributed by atoms with E-state index in [2.05, 4.69) is 25.4 Å². The Balaban J connectivity index is 1.70. The average Bonchev–Trinajstić information content (AvgIpc) is 3.33. The molecule has 0 bridgehead atoms. The Kier molecular flexibility index (Phi) is 5.87. The summed E-state index contributed by atoms with van der Waals surface area (Å²) in [6, 6.07) is 0.689. The molecule has 0 spiro atoms. The maximum atomic E-state index is 13.4. The largest absolute Gasteiger partial charge is 0.423 e. The number of halogens is 9. The molecular weight excluding hydrogens is 511 g/mol. The lowest BCUT2D eigenvalue weighted by Crippen LogP contribution is -2.15. The van der Waals surface area contributed by atoms with E-state index in [0.717, 1.165) is 16.8 Å². The highest BCUT2D eigenvalue weighted by molar-refractivity contribution is 5.80. The zero-order chi connectivity index (χ0) is 26.6. The molecule has 16 heteroatoms. The predicted molar refractivity (Wildman–Crippen MR) is 105 cm³/mol. The van der Waals surface area contributed by atoms with E-state index in [4.69, 9.17) is 4.42 Å². The molecule has 0 aliphatic carbocycles. The Bertz CT molecular complexity index is 1400. The molecule has 4 rings (SSSR count). The maximum absolute atomic E-state index is 13.4. The Morgan fingerprint density at radius 2 is 1.56 bits per heavy atom. The number of rotatable bonds is 4. The van der Waals surface area contributed by atoms with Gasteiger partial charge in [0.25, 0.3) is 6.01 Å². The summed E-state index contributed by atoms with van der Waals surface area (Å²) >= 11 is 0. The fraction of sp³-hybridized carbons (Fsp3) is 0.300. The number of hydrogen-bond acceptors (Lipinski definition) is 6. The van der Waals surface area contributed by atoms with Crippen LogP contribution < -0.4 is 5.32 Å². The summed E-state index contributed by atoms with van der Waals surface area (Å²) in [7, 11) is 0. The number of alkyl halides is 9. The molecule has 0 aliphatic heterocycles. The first-order chi connectivity index (χ1) is 16.5. The highest BCUT2D eigenvalue weighted by Crippen LogP contribution is 2.41. The molecule has 3 heterocycles. The monoisotopic (exact) mass is 524 g/mol. The molecule has 0 fully saturated rings. The molecule has 192 valence electrons. The SMILES string of the molecule is Cc1nc(C(C)Nc2nc3cc(C(F)(F)F)cc(C(F)(F)F)c3o2)n(-c2ccc(C(F)(F)F)cn2)n1. The van der Waals surface area contributed by atoms with Crippen LogP contribution >= 0.6 is 0 Å². The molecule has 1 aromatic carbocycles. The van der Waals surface area contributed by atoms with E-state index in [-0.39, 0.29) is 23.5 Å². The number of anilines is 1. The molecule has 0 radical (unpaired) electrons. The first kappa shape index (κ1) is 25.2. The van der Waals surface area contributed by atoms with E-state index < -0.39 is 58.4 Å². The third-order valence-electron chi connectivity index (χ3n) is 4.88. The Morgan fingerprint density at radius 3 is 2.11 bits per heavy atom. The molecule has 1 atom stereocenters. The topological polar surface area (TPSA) is 81.7 Å². The van der Waals surface area contributed by atoms with Crippen LogP contribution in [0.25, 0.3) is 16.9 Å². The zero-order valence-electron chi connectivity index (χ0n) is 18.0. The summed E-state index contributed by atoms with van der Waals surface area (Å²) in [6.45, 7) is 2.93. The van der Waals surface area contributed by atoms with Gasteiger partial charge in [0.15, 0.2) is 17.2 Å². The van der Waals surface area contributed by atoms with Crippen LogP contribution in [-0.2, 0) is 18.5 Å². The molecule has 7 nitrogen and oxygen atoms in total. The summed E-state index contributed by atoms with van der Waals surface area (Å²) < 4.78 is 124. The van der Waals surface area contributed by atoms with E-state index in [9.17, 15) is 39.5 Å². The van der Waals surface area contributed by atoms with E-state index in [1.165, 1.54) is 13.8 Å². The number of nitrogens with one attached hydrogen (secondary N) is 1. The minimum absolute atomic E-state index is 0.0426. The van der Waals surface area contributed by atoms with Gasteiger partial charge in [-0.3, -0.25) is 0 Å². The summed E-state index contributed by atoms with van der Waals surface area (Å²) in [5, 5.41) is 6.65. The first-order valence-electron chi connectivity index (χ1n) is 9.86. The molecule has 1 N–H and O–H groups in total. The van der Waals surface area contributed by atoms with Gasteiger partial charge >= 0.3 is 18.5 Å². The van der Waals surface area contributed by atoms with Crippen LogP contribution in [0, 0.1) is 6.92 Å². The summed E-state index contributed by atoms with van der Waals surface area (Å²) in [6.07, 6.45) is -14.2. The van der Waals surface area contributed by atoms with Gasteiger partial charge in [-0.2, -0.15) is 49.2 Å². The van der Waals surface area contributed by atoms with Crippen LogP contribution in [0.1, 0.15) is 41.3 Å². The Morgan fingerprint density at radius 1 is 0.889 bits per heavy atom. The minimum Gasteiger partial charge on any atom is -0.423 e. The summed E-state index contributed by atoms with van der Waals surface area (Å²) in [4.78, 5) is 11.6. The van der Waals surface area contributed by atoms with Crippen molar-refractivity contribution in [1.82, 2.24) is 24.7 Å². The van der Waals surface area contributed by atoms with Crippen LogP contribution in [0.3, 0.4) is 0 Å². The number of oxazole rings is 1. The highest BCUT2D eigenvalue weighted by atomic mass is 19.4. The first-order valence-corrected chi connectivity index (χ1v) is 9.86. The van der Waals surface area contributed by atoms with Crippen LogP contribution in [0.4, 0.5) is 45.5 Å². The smallest absolute Gasteiger partial charge is 0.420 e. The second-order valence-corrected chi connectivity index (χ2v) is 7.58. The van der Waals surface area contributed by atoms with Crippen LogP contribution in [-0.4, -0.2) is 24.7 Å². The molecule has 0 aliphatic rings. The van der Waals surface area contributed by atoms with E-state index in [1.54, 1.807) is 0 Å². The van der Waals surface area contributed by atoms with E-state index in [1.807, 2.05) is 0 Å². The quantitative estimate of drug-likeness (QED) is 0.314. The van der Waals surface area contributed by atoms with Crippen molar-refractivity contribution in [3.63, 3.8) is 0 Å². The van der Waals surface area contributed by atoms with Crippen molar-refractivity contribution in [2.24, 2.45) is 0 Å². The van der Waals surface area contributed by atoms with Gasteiger partial charge in [0.1, 0.15) is 16.9 Å². The van der Waals surface area contributed by atoms with Crippen molar-refractivity contribution in [2.45, 2.75) is 38.4 Å². The average molecular weight is 524 g/mol. The van der Waals surface area contributed by atoms with Crippen molar-refractivity contribution in [3.8, 4) is 5.82 Å². The lowest BCUT2D eigenvalue weighted by atomic mass is 10.1. The standard InChI is InChI=1S/C20H13F9N6O/c1-8(16-32-9(2)34-35(16)14-4-3-10(7-30-14)18(21,22)23)31-17-33-13-6-11(19(24,25)26)5-12(15(13)36-17)20(27,28)29/h3-8H,1-2H3,(H,31,33). The molecule has 0 saturated heterocycles. The fourth-order valence-electron chi connectivity index (χ4n) is 3.28. The number of fused-ring (bicyclic) bond motifs is 1. The van der Waals surface area contributed by atoms with Gasteiger partial charge in [-0.25, -0.2) is 9.97 Å². The zero-order valence-corrected chi connectivity index (χ0v) is 18.0. The molecule has 4 aromatic rings. The number of pyridine rings is 1. The van der Waals surface area contributed by atoms with Gasteiger partial charge in [0.2, 0.25) is 0 Å². The van der Waals surface area contributed by atoms with Gasteiger partial charge in [-0.05, 0) is 38.1 Å². The Hall–Kier alpha value is -3.85. The number of aryl methyl sites for hydroxylation is 1. The summed E-state index contributed by atoms with van der Waals surface area (Å²) in [5.74, 6) is 0.208. The lowest BCUT2D eigenvalue weighted by Gasteiger charge is -2.13. The predicted octanol–water partition coefficient (Wildman–Crippen LogP) is 6.34. The third kappa shape index (κ3) is 4.92. The van der Waals surface area contributed by atoms with E-state index >= 15 is 0 Å². The van der Waals surface area contributed by atoms with Gasteiger partial charge in [-0.15, -0.1) is 5.10 Å². The normalized spacial score (nSPS) is 13.9. The lowest BCUT2D eigenvalue weighted by molar-refractivity contribution is -0.142. The number of benzene rings is 1. The second kappa shape index (κ2) is 8.37. The molecule has 36 heavy (non-hydrogen) atoms. The number of nitrogens with zero attached hydrogens (tertiary/aromatic N) is 5. The van der Waals surface area contributed by atoms with E-state index in [0.29, 0.717) is 12.3 Å². The van der Waals surface area contributed by atoms with Crippen LogP contribution in [0.5, 0.6) is 0 Å². The minimum atomic E-state index is -5.16. The maximum Gasteiger partial charge on any atom is 0.420 e. The number of hydrogen-bond donors (Lipinski definition) is 1. The second-order valence-electron chi connectivity index (χ2n) is 7.58. The Labute approximate surface area is 195 Å². The van der Waals surface area contributed by atoms with Crippen molar-refractivity contribution >= 4 is 17.1 Å². The van der Waals surface area contributed by atoms with Gasteiger partial charge in [0.05, 0.1) is 17.2 Å². The van der Waals surface area contributed by atoms with Crippen LogP contribution in [0.2, 0.25) is 0 Å². The van der Waals surface area contributed by atoms with Crippen molar-refractivity contribution < 1.29 is 43.9 Å². The highest BCUT2D eigenvalue weighted by Gasteiger charge is 2.40. The molecule has 3 aromatic heterocycles. The van der Waals surface area contributed by atoms with Crippen LogP contribution in [0.15, 0.2) is 34.9 Å². The van der Waals surface area contributed by atoms with Crippen molar-refractivity contribution in [3.05, 3.63) is 58.8 Å². The molecule has 0 saturated carbocycles. The van der Waals surface area contributed by atoms with Crippen molar-refractivity contribution in [2.75, 3.05) is 5.32 Å². The van der Waals surface area contributed by atoms with Gasteiger partial charge < -0.3 is 9.73 Å². The fourth-order valence-corrected chi connectivity index (χ4v) is 3.28. The third-order valence-corrected chi connectivity index (χ3v) is 4.88. The molecular formula is C20H13F9N6O. The van der Waals surface area contributed by atoms with Gasteiger partial charge in [-0.1, -0.05) is 0 Å². The number of aromatic nitrogens is 5.